The molecule has 1 aromatic carbocycles. The van der Waals surface area contributed by atoms with E-state index in [0.717, 1.165) is 28.6 Å². The Morgan fingerprint density at radius 2 is 2.38 bits per heavy atom. The highest BCUT2D eigenvalue weighted by Gasteiger charge is 2.30. The molecule has 0 aromatic heterocycles. The first-order chi connectivity index (χ1) is 7.63. The number of aryl methyl sites for hydroxylation is 1. The van der Waals surface area contributed by atoms with E-state index in [0.29, 0.717) is 6.61 Å². The molecule has 0 spiro atoms. The van der Waals surface area contributed by atoms with Crippen molar-refractivity contribution in [2.45, 2.75) is 25.7 Å². The third kappa shape index (κ3) is 1.94. The van der Waals surface area contributed by atoms with Crippen LogP contribution in [0.15, 0.2) is 16.6 Å². The fraction of sp³-hybridized carbons (Fsp3) is 0.417. The van der Waals surface area contributed by atoms with E-state index in [9.17, 15) is 4.79 Å². The Balaban J connectivity index is 2.32. The summed E-state index contributed by atoms with van der Waals surface area (Å²) in [5.74, 6) is -0.246. The standard InChI is InChI=1S/C12H14BrNO2/c1-2-16-12(15)8-4-3-7-5-11(14)10(13)6-9(7)8/h5-6,8H,2-4,14H2,1H3. The molecule has 4 heteroatoms. The topological polar surface area (TPSA) is 52.3 Å². The van der Waals surface area contributed by atoms with Gasteiger partial charge in [-0.05, 0) is 59.0 Å². The van der Waals surface area contributed by atoms with Crippen LogP contribution in [0.2, 0.25) is 0 Å². The smallest absolute Gasteiger partial charge is 0.313 e. The zero-order valence-corrected chi connectivity index (χ0v) is 10.7. The molecule has 2 N–H and O–H groups in total. The Morgan fingerprint density at radius 3 is 3.06 bits per heavy atom. The van der Waals surface area contributed by atoms with Crippen LogP contribution in [0, 0.1) is 0 Å². The van der Waals surface area contributed by atoms with Crippen molar-refractivity contribution in [2.24, 2.45) is 0 Å². The molecule has 0 heterocycles. The van der Waals surface area contributed by atoms with Crippen LogP contribution in [0.4, 0.5) is 5.69 Å². The van der Waals surface area contributed by atoms with Crippen molar-refractivity contribution in [1.82, 2.24) is 0 Å². The molecule has 0 fully saturated rings. The molecule has 0 saturated heterocycles. The number of nitrogen functional groups attached to an aromatic ring is 1. The predicted molar refractivity (Wildman–Crippen MR) is 66.2 cm³/mol. The van der Waals surface area contributed by atoms with Gasteiger partial charge in [0, 0.05) is 10.2 Å². The third-order valence-electron chi connectivity index (χ3n) is 2.91. The van der Waals surface area contributed by atoms with Crippen LogP contribution < -0.4 is 5.73 Å². The minimum atomic E-state index is -0.127. The lowest BCUT2D eigenvalue weighted by Gasteiger charge is -2.11. The van der Waals surface area contributed by atoms with Gasteiger partial charge in [-0.3, -0.25) is 4.79 Å². The van der Waals surface area contributed by atoms with Gasteiger partial charge in [-0.2, -0.15) is 0 Å². The SMILES string of the molecule is CCOC(=O)C1CCc2cc(N)c(Br)cc21. The van der Waals surface area contributed by atoms with Gasteiger partial charge < -0.3 is 10.5 Å². The maximum Gasteiger partial charge on any atom is 0.313 e. The highest BCUT2D eigenvalue weighted by atomic mass is 79.9. The van der Waals surface area contributed by atoms with Crippen molar-refractivity contribution in [3.8, 4) is 0 Å². The molecule has 1 aliphatic carbocycles. The van der Waals surface area contributed by atoms with Crippen molar-refractivity contribution in [3.05, 3.63) is 27.7 Å². The first-order valence-electron chi connectivity index (χ1n) is 5.38. The number of halogens is 1. The lowest BCUT2D eigenvalue weighted by molar-refractivity contribution is -0.144. The minimum absolute atomic E-state index is 0.119. The summed E-state index contributed by atoms with van der Waals surface area (Å²) in [7, 11) is 0. The monoisotopic (exact) mass is 283 g/mol. The van der Waals surface area contributed by atoms with Crippen molar-refractivity contribution in [3.63, 3.8) is 0 Å². The Labute approximate surface area is 103 Å². The molecule has 3 nitrogen and oxygen atoms in total. The van der Waals surface area contributed by atoms with E-state index in [1.807, 2.05) is 19.1 Å². The second-order valence-electron chi connectivity index (χ2n) is 3.92. The van der Waals surface area contributed by atoms with E-state index in [1.165, 1.54) is 5.56 Å². The Morgan fingerprint density at radius 1 is 1.62 bits per heavy atom. The number of carbonyl (C=O) groups excluding carboxylic acids is 1. The van der Waals surface area contributed by atoms with Gasteiger partial charge in [0.1, 0.15) is 0 Å². The molecule has 1 atom stereocenters. The van der Waals surface area contributed by atoms with Gasteiger partial charge in [-0.1, -0.05) is 0 Å². The summed E-state index contributed by atoms with van der Waals surface area (Å²) in [5.41, 5.74) is 8.76. The van der Waals surface area contributed by atoms with Crippen LogP contribution >= 0.6 is 15.9 Å². The van der Waals surface area contributed by atoms with Crippen LogP contribution in [0.3, 0.4) is 0 Å². The van der Waals surface area contributed by atoms with Crippen LogP contribution in [0.5, 0.6) is 0 Å². The number of anilines is 1. The molecule has 0 bridgehead atoms. The highest BCUT2D eigenvalue weighted by molar-refractivity contribution is 9.10. The van der Waals surface area contributed by atoms with Crippen molar-refractivity contribution in [1.29, 1.82) is 0 Å². The van der Waals surface area contributed by atoms with Crippen molar-refractivity contribution < 1.29 is 9.53 Å². The summed E-state index contributed by atoms with van der Waals surface area (Å²) in [6.07, 6.45) is 1.72. The number of benzene rings is 1. The molecule has 0 amide bonds. The summed E-state index contributed by atoms with van der Waals surface area (Å²) >= 11 is 3.39. The zero-order valence-electron chi connectivity index (χ0n) is 9.13. The lowest BCUT2D eigenvalue weighted by atomic mass is 10.0. The summed E-state index contributed by atoms with van der Waals surface area (Å²) in [6, 6.07) is 3.89. The first kappa shape index (κ1) is 11.5. The predicted octanol–water partition coefficient (Wildman–Crippen LogP) is 2.62. The second-order valence-corrected chi connectivity index (χ2v) is 4.77. The van der Waals surface area contributed by atoms with Gasteiger partial charge in [0.05, 0.1) is 12.5 Å². The van der Waals surface area contributed by atoms with Crippen LogP contribution in [0.25, 0.3) is 0 Å². The third-order valence-corrected chi connectivity index (χ3v) is 3.59. The molecule has 86 valence electrons. The molecule has 0 saturated carbocycles. The number of fused-ring (bicyclic) bond motifs is 1. The summed E-state index contributed by atoms with van der Waals surface area (Å²) < 4.78 is 5.92. The maximum absolute atomic E-state index is 11.7. The van der Waals surface area contributed by atoms with Gasteiger partial charge in [0.2, 0.25) is 0 Å². The molecular formula is C12H14BrNO2. The first-order valence-corrected chi connectivity index (χ1v) is 6.17. The molecule has 1 aliphatic rings. The Hall–Kier alpha value is -1.03. The maximum atomic E-state index is 11.7. The zero-order chi connectivity index (χ0) is 11.7. The van der Waals surface area contributed by atoms with E-state index < -0.39 is 0 Å². The van der Waals surface area contributed by atoms with Crippen LogP contribution in [0.1, 0.15) is 30.4 Å². The quantitative estimate of drug-likeness (QED) is 0.671. The van der Waals surface area contributed by atoms with Gasteiger partial charge in [-0.15, -0.1) is 0 Å². The largest absolute Gasteiger partial charge is 0.466 e. The summed E-state index contributed by atoms with van der Waals surface area (Å²) in [5, 5.41) is 0. The van der Waals surface area contributed by atoms with Crippen molar-refractivity contribution >= 4 is 27.6 Å². The van der Waals surface area contributed by atoms with E-state index in [2.05, 4.69) is 15.9 Å². The molecule has 0 radical (unpaired) electrons. The molecule has 2 rings (SSSR count). The number of carbonyl (C=O) groups is 1. The molecule has 0 aliphatic heterocycles. The van der Waals surface area contributed by atoms with Crippen molar-refractivity contribution in [2.75, 3.05) is 12.3 Å². The van der Waals surface area contributed by atoms with E-state index in [4.69, 9.17) is 10.5 Å². The second kappa shape index (κ2) is 4.45. The number of hydrogen-bond acceptors (Lipinski definition) is 3. The average Bonchev–Trinajstić information content (AvgIpc) is 2.62. The van der Waals surface area contributed by atoms with E-state index in [-0.39, 0.29) is 11.9 Å². The molecule has 1 unspecified atom stereocenters. The van der Waals surface area contributed by atoms with E-state index in [1.54, 1.807) is 0 Å². The van der Waals surface area contributed by atoms with Crippen LogP contribution in [-0.2, 0) is 16.0 Å². The summed E-state index contributed by atoms with van der Waals surface area (Å²) in [4.78, 5) is 11.7. The van der Waals surface area contributed by atoms with E-state index >= 15 is 0 Å². The normalized spacial score (nSPS) is 18.2. The fourth-order valence-corrected chi connectivity index (χ4v) is 2.50. The molecular weight excluding hydrogens is 270 g/mol. The Bertz CT molecular complexity index is 431. The minimum Gasteiger partial charge on any atom is -0.466 e. The number of nitrogens with two attached hydrogens (primary N) is 1. The molecule has 16 heavy (non-hydrogen) atoms. The highest BCUT2D eigenvalue weighted by Crippen LogP contribution is 2.38. The Kier molecular flexibility index (Phi) is 3.19. The number of ether oxygens (including phenoxy) is 1. The number of rotatable bonds is 2. The number of hydrogen-bond donors (Lipinski definition) is 1. The van der Waals surface area contributed by atoms with Gasteiger partial charge >= 0.3 is 5.97 Å². The molecule has 1 aromatic rings. The van der Waals surface area contributed by atoms with Crippen LogP contribution in [-0.4, -0.2) is 12.6 Å². The van der Waals surface area contributed by atoms with Gasteiger partial charge in [0.25, 0.3) is 0 Å². The average molecular weight is 284 g/mol. The lowest BCUT2D eigenvalue weighted by Crippen LogP contribution is -2.13. The summed E-state index contributed by atoms with van der Waals surface area (Å²) in [6.45, 7) is 2.26. The van der Waals surface area contributed by atoms with Gasteiger partial charge in [-0.25, -0.2) is 0 Å². The number of esters is 1. The van der Waals surface area contributed by atoms with Gasteiger partial charge in [0.15, 0.2) is 0 Å². The fourth-order valence-electron chi connectivity index (χ4n) is 2.14.